The number of amides is 1. The van der Waals surface area contributed by atoms with E-state index in [1.165, 1.54) is 12.1 Å². The van der Waals surface area contributed by atoms with Crippen LogP contribution in [0, 0.1) is 11.7 Å². The summed E-state index contributed by atoms with van der Waals surface area (Å²) in [5.74, 6) is 0.377. The van der Waals surface area contributed by atoms with E-state index in [9.17, 15) is 9.18 Å². The van der Waals surface area contributed by atoms with Crippen LogP contribution in [0.25, 0.3) is 0 Å². The molecule has 1 saturated heterocycles. The van der Waals surface area contributed by atoms with Gasteiger partial charge in [-0.2, -0.15) is 0 Å². The van der Waals surface area contributed by atoms with Gasteiger partial charge in [0.15, 0.2) is 0 Å². The van der Waals surface area contributed by atoms with Gasteiger partial charge in [0.25, 0.3) is 0 Å². The lowest BCUT2D eigenvalue weighted by molar-refractivity contribution is -0.121. The molecule has 0 unspecified atom stereocenters. The van der Waals surface area contributed by atoms with Crippen molar-refractivity contribution in [3.63, 3.8) is 0 Å². The van der Waals surface area contributed by atoms with E-state index in [-0.39, 0.29) is 11.7 Å². The number of carbonyl (C=O) groups is 1. The van der Waals surface area contributed by atoms with Crippen molar-refractivity contribution in [1.82, 2.24) is 15.1 Å². The van der Waals surface area contributed by atoms with Crippen LogP contribution in [0.1, 0.15) is 25.8 Å². The van der Waals surface area contributed by atoms with Crippen molar-refractivity contribution in [2.45, 2.75) is 32.9 Å². The first-order chi connectivity index (χ1) is 11.0. The number of halogens is 1. The second kappa shape index (κ2) is 8.41. The third-order valence-electron chi connectivity index (χ3n) is 4.55. The van der Waals surface area contributed by atoms with Gasteiger partial charge in [-0.3, -0.25) is 14.6 Å². The molecule has 1 atom stereocenters. The minimum atomic E-state index is -0.193. The van der Waals surface area contributed by atoms with Crippen LogP contribution in [-0.2, 0) is 11.3 Å². The van der Waals surface area contributed by atoms with E-state index in [2.05, 4.69) is 29.0 Å². The van der Waals surface area contributed by atoms with Gasteiger partial charge in [-0.1, -0.05) is 26.0 Å². The monoisotopic (exact) mass is 321 g/mol. The van der Waals surface area contributed by atoms with Gasteiger partial charge in [0, 0.05) is 32.7 Å². The molecule has 128 valence electrons. The summed E-state index contributed by atoms with van der Waals surface area (Å²) < 4.78 is 13.1. The maximum Gasteiger partial charge on any atom is 0.233 e. The first-order valence-electron chi connectivity index (χ1n) is 8.41. The first-order valence-corrected chi connectivity index (χ1v) is 8.41. The van der Waals surface area contributed by atoms with Crippen LogP contribution >= 0.6 is 0 Å². The second-order valence-electron chi connectivity index (χ2n) is 6.67. The molecule has 0 aliphatic carbocycles. The molecule has 0 bridgehead atoms. The number of likely N-dealkylation sites (N-methyl/N-ethyl adjacent to an activating group) is 1. The highest BCUT2D eigenvalue weighted by molar-refractivity contribution is 5.77. The highest BCUT2D eigenvalue weighted by Gasteiger charge is 2.28. The number of rotatable bonds is 5. The minimum absolute atomic E-state index is 0.0690. The topological polar surface area (TPSA) is 35.6 Å². The lowest BCUT2D eigenvalue weighted by Gasteiger charge is -2.34. The summed E-state index contributed by atoms with van der Waals surface area (Å²) in [6, 6.07) is 7.16. The van der Waals surface area contributed by atoms with Crippen molar-refractivity contribution in [3.8, 4) is 0 Å². The van der Waals surface area contributed by atoms with E-state index in [0.29, 0.717) is 18.5 Å². The molecule has 1 aromatic carbocycles. The van der Waals surface area contributed by atoms with Crippen molar-refractivity contribution in [1.29, 1.82) is 0 Å². The van der Waals surface area contributed by atoms with Crippen molar-refractivity contribution in [2.24, 2.45) is 5.92 Å². The fourth-order valence-corrected chi connectivity index (χ4v) is 3.21. The summed E-state index contributed by atoms with van der Waals surface area (Å²) in [4.78, 5) is 16.4. The van der Waals surface area contributed by atoms with Crippen LogP contribution in [0.2, 0.25) is 0 Å². The quantitative estimate of drug-likeness (QED) is 0.902. The standard InChI is InChI=1S/C18H28FN3O/c1-14(2)17-12-21(13-18(23)20-3)9-4-10-22(17)11-15-5-7-16(19)8-6-15/h5-8,14,17H,4,9-13H2,1-3H3,(H,20,23)/t17-/m0/s1. The number of benzene rings is 1. The largest absolute Gasteiger partial charge is 0.358 e. The van der Waals surface area contributed by atoms with Crippen LogP contribution in [0.15, 0.2) is 24.3 Å². The average Bonchev–Trinajstić information content (AvgIpc) is 2.72. The van der Waals surface area contributed by atoms with Gasteiger partial charge in [-0.25, -0.2) is 4.39 Å². The molecular weight excluding hydrogens is 293 g/mol. The van der Waals surface area contributed by atoms with Crippen LogP contribution in [-0.4, -0.2) is 55.0 Å². The normalized spacial score (nSPS) is 20.5. The lowest BCUT2D eigenvalue weighted by Crippen LogP contribution is -2.46. The van der Waals surface area contributed by atoms with Crippen molar-refractivity contribution < 1.29 is 9.18 Å². The molecule has 1 aliphatic heterocycles. The highest BCUT2D eigenvalue weighted by Crippen LogP contribution is 2.20. The van der Waals surface area contributed by atoms with E-state index >= 15 is 0 Å². The number of hydrogen-bond donors (Lipinski definition) is 1. The smallest absolute Gasteiger partial charge is 0.233 e. The fourth-order valence-electron chi connectivity index (χ4n) is 3.21. The molecule has 2 rings (SSSR count). The van der Waals surface area contributed by atoms with Crippen molar-refractivity contribution in [3.05, 3.63) is 35.6 Å². The number of nitrogens with zero attached hydrogens (tertiary/aromatic N) is 2. The average molecular weight is 321 g/mol. The molecule has 0 radical (unpaired) electrons. The summed E-state index contributed by atoms with van der Waals surface area (Å²) >= 11 is 0. The van der Waals surface area contributed by atoms with Gasteiger partial charge >= 0.3 is 0 Å². The lowest BCUT2D eigenvalue weighted by atomic mass is 10.0. The number of nitrogens with one attached hydrogen (secondary N) is 1. The molecule has 1 amide bonds. The molecule has 0 spiro atoms. The Balaban J connectivity index is 2.06. The van der Waals surface area contributed by atoms with Gasteiger partial charge in [-0.15, -0.1) is 0 Å². The maximum atomic E-state index is 13.1. The Kier molecular flexibility index (Phi) is 6.54. The number of carbonyl (C=O) groups excluding carboxylic acids is 1. The zero-order valence-electron chi connectivity index (χ0n) is 14.4. The van der Waals surface area contributed by atoms with Crippen LogP contribution in [0.3, 0.4) is 0 Å². The summed E-state index contributed by atoms with van der Waals surface area (Å²) in [5, 5.41) is 2.70. The molecule has 0 saturated carbocycles. The molecular formula is C18H28FN3O. The summed E-state index contributed by atoms with van der Waals surface area (Å²) in [6.45, 7) is 8.59. The molecule has 1 aliphatic rings. The van der Waals surface area contributed by atoms with Crippen LogP contribution in [0.4, 0.5) is 4.39 Å². The number of hydrogen-bond acceptors (Lipinski definition) is 3. The Morgan fingerprint density at radius 3 is 2.61 bits per heavy atom. The Labute approximate surface area is 138 Å². The van der Waals surface area contributed by atoms with E-state index in [1.807, 2.05) is 12.1 Å². The van der Waals surface area contributed by atoms with E-state index in [1.54, 1.807) is 7.05 Å². The maximum absolute atomic E-state index is 13.1. The predicted molar refractivity (Wildman–Crippen MR) is 90.6 cm³/mol. The van der Waals surface area contributed by atoms with Gasteiger partial charge in [0.05, 0.1) is 6.54 Å². The minimum Gasteiger partial charge on any atom is -0.358 e. The molecule has 0 aromatic heterocycles. The summed E-state index contributed by atoms with van der Waals surface area (Å²) in [6.07, 6.45) is 1.04. The fraction of sp³-hybridized carbons (Fsp3) is 0.611. The zero-order valence-corrected chi connectivity index (χ0v) is 14.4. The summed E-state index contributed by atoms with van der Waals surface area (Å²) in [5.41, 5.74) is 1.14. The Hall–Kier alpha value is -1.46. The molecule has 23 heavy (non-hydrogen) atoms. The van der Waals surface area contributed by atoms with E-state index in [0.717, 1.165) is 38.2 Å². The third-order valence-corrected chi connectivity index (χ3v) is 4.55. The molecule has 1 aromatic rings. The highest BCUT2D eigenvalue weighted by atomic mass is 19.1. The molecule has 1 fully saturated rings. The molecule has 1 heterocycles. The second-order valence-corrected chi connectivity index (χ2v) is 6.67. The van der Waals surface area contributed by atoms with E-state index in [4.69, 9.17) is 0 Å². The van der Waals surface area contributed by atoms with Gasteiger partial charge < -0.3 is 5.32 Å². The molecule has 1 N–H and O–H groups in total. The van der Waals surface area contributed by atoms with Gasteiger partial charge in [-0.05, 0) is 36.6 Å². The third kappa shape index (κ3) is 5.29. The Morgan fingerprint density at radius 2 is 2.00 bits per heavy atom. The predicted octanol–water partition coefficient (Wildman–Crippen LogP) is 2.10. The Bertz CT molecular complexity index is 503. The van der Waals surface area contributed by atoms with Crippen LogP contribution < -0.4 is 5.32 Å². The SMILES string of the molecule is CNC(=O)CN1CCCN(Cc2ccc(F)cc2)[C@H](C(C)C)C1. The van der Waals surface area contributed by atoms with Crippen LogP contribution in [0.5, 0.6) is 0 Å². The Morgan fingerprint density at radius 1 is 1.30 bits per heavy atom. The van der Waals surface area contributed by atoms with Gasteiger partial charge in [0.1, 0.15) is 5.82 Å². The summed E-state index contributed by atoms with van der Waals surface area (Å²) in [7, 11) is 1.68. The van der Waals surface area contributed by atoms with Gasteiger partial charge in [0.2, 0.25) is 5.91 Å². The van der Waals surface area contributed by atoms with Crippen molar-refractivity contribution in [2.75, 3.05) is 33.2 Å². The first kappa shape index (κ1) is 17.9. The van der Waals surface area contributed by atoms with Crippen molar-refractivity contribution >= 4 is 5.91 Å². The molecule has 5 heteroatoms. The van der Waals surface area contributed by atoms with E-state index < -0.39 is 0 Å². The zero-order chi connectivity index (χ0) is 16.8. The molecule has 4 nitrogen and oxygen atoms in total.